The van der Waals surface area contributed by atoms with Crippen molar-refractivity contribution in [3.63, 3.8) is 0 Å². The molecule has 0 bridgehead atoms. The molecule has 5 aromatic carbocycles. The minimum absolute atomic E-state index is 0.0767. The zero-order valence-corrected chi connectivity index (χ0v) is 23.2. The molecule has 0 aliphatic carbocycles. The summed E-state index contributed by atoms with van der Waals surface area (Å²) in [5.41, 5.74) is 10.9. The van der Waals surface area contributed by atoms with Crippen LogP contribution in [0.2, 0.25) is 0 Å². The Morgan fingerprint density at radius 3 is 1.81 bits per heavy atom. The van der Waals surface area contributed by atoms with Gasteiger partial charge < -0.3 is 4.90 Å². The van der Waals surface area contributed by atoms with E-state index in [0.29, 0.717) is 0 Å². The van der Waals surface area contributed by atoms with Crippen LogP contribution in [0.15, 0.2) is 84.9 Å². The van der Waals surface area contributed by atoms with Crippen molar-refractivity contribution in [2.45, 2.75) is 58.8 Å². The van der Waals surface area contributed by atoms with Gasteiger partial charge >= 0.3 is 0 Å². The fraction of sp³-hybridized carbons (Fsp3) is 0.278. The van der Waals surface area contributed by atoms with Crippen LogP contribution >= 0.6 is 0 Å². The molecule has 0 radical (unpaired) electrons. The topological polar surface area (TPSA) is 3.24 Å². The van der Waals surface area contributed by atoms with Crippen LogP contribution in [0.3, 0.4) is 0 Å². The highest BCUT2D eigenvalue weighted by Gasteiger charge is 2.38. The number of benzene rings is 5. The molecule has 0 unspecified atom stereocenters. The second-order valence-electron chi connectivity index (χ2n) is 11.9. The smallest absolute Gasteiger partial charge is 0.0456 e. The summed E-state index contributed by atoms with van der Waals surface area (Å²) in [5.74, 6) is 0. The lowest BCUT2D eigenvalue weighted by Gasteiger charge is -2.42. The van der Waals surface area contributed by atoms with E-state index in [1.165, 1.54) is 66.3 Å². The van der Waals surface area contributed by atoms with Crippen molar-refractivity contribution >= 4 is 32.9 Å². The van der Waals surface area contributed by atoms with Gasteiger partial charge in [0.2, 0.25) is 0 Å². The SMILES string of the molecule is CCc1cc2c(cc1C(C)(C)c1cc3ccccc3cc1C)N(C)c1cc3ccccc3cc1C2(C)C. The first-order valence-corrected chi connectivity index (χ1v) is 13.6. The highest BCUT2D eigenvalue weighted by atomic mass is 15.1. The quantitative estimate of drug-likeness (QED) is 0.247. The minimum Gasteiger partial charge on any atom is -0.344 e. The molecule has 186 valence electrons. The summed E-state index contributed by atoms with van der Waals surface area (Å²) in [5, 5.41) is 5.23. The van der Waals surface area contributed by atoms with Crippen molar-refractivity contribution in [1.82, 2.24) is 0 Å². The Hall–Kier alpha value is -3.58. The first-order valence-electron chi connectivity index (χ1n) is 13.6. The number of fused-ring (bicyclic) bond motifs is 4. The van der Waals surface area contributed by atoms with E-state index in [2.05, 4.69) is 138 Å². The largest absolute Gasteiger partial charge is 0.344 e. The molecule has 0 saturated heterocycles. The average molecular weight is 484 g/mol. The lowest BCUT2D eigenvalue weighted by Crippen LogP contribution is -2.32. The summed E-state index contributed by atoms with van der Waals surface area (Å²) in [4.78, 5) is 2.43. The van der Waals surface area contributed by atoms with E-state index in [9.17, 15) is 0 Å². The monoisotopic (exact) mass is 483 g/mol. The fourth-order valence-corrected chi connectivity index (χ4v) is 6.74. The third-order valence-corrected chi connectivity index (χ3v) is 8.98. The minimum atomic E-state index is -0.122. The first kappa shape index (κ1) is 23.8. The number of rotatable bonds is 3. The standard InChI is InChI=1S/C36H37N/c1-8-24-18-31-34(37(7)33-21-28-16-12-11-15-27(28)20-32(33)36(31,5)6)22-30(24)35(3,4)29-19-26-14-10-9-13-25(26)17-23(29)2/h9-22H,8H2,1-7H3. The normalized spacial score (nSPS) is 14.6. The molecule has 6 rings (SSSR count). The molecule has 0 fully saturated rings. The summed E-state index contributed by atoms with van der Waals surface area (Å²) in [7, 11) is 2.24. The predicted molar refractivity (Wildman–Crippen MR) is 161 cm³/mol. The van der Waals surface area contributed by atoms with E-state index in [1.54, 1.807) is 0 Å². The lowest BCUT2D eigenvalue weighted by molar-refractivity contribution is 0.611. The molecule has 0 aromatic heterocycles. The first-order chi connectivity index (χ1) is 17.6. The van der Waals surface area contributed by atoms with E-state index < -0.39 is 0 Å². The lowest BCUT2D eigenvalue weighted by atomic mass is 9.68. The zero-order chi connectivity index (χ0) is 26.1. The molecule has 1 nitrogen and oxygen atoms in total. The number of anilines is 2. The summed E-state index contributed by atoms with van der Waals surface area (Å²) >= 11 is 0. The predicted octanol–water partition coefficient (Wildman–Crippen LogP) is 9.60. The van der Waals surface area contributed by atoms with Crippen LogP contribution in [-0.4, -0.2) is 7.05 Å². The Morgan fingerprint density at radius 2 is 1.19 bits per heavy atom. The van der Waals surface area contributed by atoms with Gasteiger partial charge in [-0.3, -0.25) is 0 Å². The maximum absolute atomic E-state index is 2.51. The third kappa shape index (κ3) is 3.51. The summed E-state index contributed by atoms with van der Waals surface area (Å²) in [6, 6.07) is 32.0. The molecule has 0 amide bonds. The molecule has 5 aromatic rings. The van der Waals surface area contributed by atoms with E-state index >= 15 is 0 Å². The molecule has 1 aliphatic heterocycles. The van der Waals surface area contributed by atoms with Crippen LogP contribution in [0.5, 0.6) is 0 Å². The van der Waals surface area contributed by atoms with Crippen LogP contribution in [0.25, 0.3) is 21.5 Å². The van der Waals surface area contributed by atoms with Gasteiger partial charge in [0.25, 0.3) is 0 Å². The molecule has 1 aliphatic rings. The van der Waals surface area contributed by atoms with Gasteiger partial charge in [0, 0.05) is 29.3 Å². The third-order valence-electron chi connectivity index (χ3n) is 8.98. The van der Waals surface area contributed by atoms with Crippen LogP contribution < -0.4 is 4.90 Å². The Bertz CT molecular complexity index is 1690. The Labute approximate surface area is 221 Å². The maximum atomic E-state index is 2.51. The Morgan fingerprint density at radius 1 is 0.676 bits per heavy atom. The second-order valence-corrected chi connectivity index (χ2v) is 11.9. The highest BCUT2D eigenvalue weighted by molar-refractivity contribution is 5.92. The fourth-order valence-electron chi connectivity index (χ4n) is 6.74. The number of nitrogens with zero attached hydrogens (tertiary/aromatic N) is 1. The summed E-state index contributed by atoms with van der Waals surface area (Å²) < 4.78 is 0. The van der Waals surface area contributed by atoms with Gasteiger partial charge in [0.1, 0.15) is 0 Å². The van der Waals surface area contributed by atoms with Crippen LogP contribution in [-0.2, 0) is 17.3 Å². The van der Waals surface area contributed by atoms with Gasteiger partial charge in [0.15, 0.2) is 0 Å². The molecule has 37 heavy (non-hydrogen) atoms. The van der Waals surface area contributed by atoms with Crippen LogP contribution in [0.4, 0.5) is 11.4 Å². The summed E-state index contributed by atoms with van der Waals surface area (Å²) in [6.07, 6.45) is 1.02. The number of aryl methyl sites for hydroxylation is 2. The Balaban J connectivity index is 1.57. The number of hydrogen-bond donors (Lipinski definition) is 0. The van der Waals surface area contributed by atoms with Gasteiger partial charge in [-0.1, -0.05) is 101 Å². The molecule has 0 spiro atoms. The maximum Gasteiger partial charge on any atom is 0.0456 e. The zero-order valence-electron chi connectivity index (χ0n) is 23.2. The summed E-state index contributed by atoms with van der Waals surface area (Å²) in [6.45, 7) is 14.2. The molecular formula is C36H37N. The molecule has 0 saturated carbocycles. The second kappa shape index (κ2) is 8.21. The van der Waals surface area contributed by atoms with Crippen molar-refractivity contribution in [3.8, 4) is 0 Å². The van der Waals surface area contributed by atoms with Crippen LogP contribution in [0.1, 0.15) is 68.0 Å². The van der Waals surface area contributed by atoms with Crippen molar-refractivity contribution < 1.29 is 0 Å². The molecular weight excluding hydrogens is 446 g/mol. The van der Waals surface area contributed by atoms with Crippen molar-refractivity contribution in [2.24, 2.45) is 0 Å². The van der Waals surface area contributed by atoms with E-state index in [1.807, 2.05) is 0 Å². The average Bonchev–Trinajstić information content (AvgIpc) is 2.90. The van der Waals surface area contributed by atoms with Crippen molar-refractivity contribution in [1.29, 1.82) is 0 Å². The van der Waals surface area contributed by atoms with Gasteiger partial charge in [0.05, 0.1) is 0 Å². The van der Waals surface area contributed by atoms with Gasteiger partial charge in [-0.15, -0.1) is 0 Å². The molecule has 1 heterocycles. The molecule has 0 N–H and O–H groups in total. The van der Waals surface area contributed by atoms with Gasteiger partial charge in [-0.2, -0.15) is 0 Å². The van der Waals surface area contributed by atoms with Crippen LogP contribution in [0, 0.1) is 6.92 Å². The van der Waals surface area contributed by atoms with Crippen molar-refractivity contribution in [2.75, 3.05) is 11.9 Å². The van der Waals surface area contributed by atoms with Gasteiger partial charge in [-0.25, -0.2) is 0 Å². The van der Waals surface area contributed by atoms with E-state index in [4.69, 9.17) is 0 Å². The van der Waals surface area contributed by atoms with E-state index in [0.717, 1.165) is 6.42 Å². The Kier molecular flexibility index (Phi) is 5.28. The van der Waals surface area contributed by atoms with Gasteiger partial charge in [-0.05, 0) is 86.5 Å². The molecule has 1 heteroatoms. The van der Waals surface area contributed by atoms with E-state index in [-0.39, 0.29) is 10.8 Å². The number of hydrogen-bond acceptors (Lipinski definition) is 1. The molecule has 0 atom stereocenters. The van der Waals surface area contributed by atoms with Crippen molar-refractivity contribution in [3.05, 3.63) is 118 Å². The highest BCUT2D eigenvalue weighted by Crippen LogP contribution is 2.51.